The van der Waals surface area contributed by atoms with Crippen molar-refractivity contribution in [3.63, 3.8) is 0 Å². The van der Waals surface area contributed by atoms with E-state index in [4.69, 9.17) is 0 Å². The maximum absolute atomic E-state index is 13.4. The highest BCUT2D eigenvalue weighted by Crippen LogP contribution is 2.37. The van der Waals surface area contributed by atoms with Crippen LogP contribution in [0.5, 0.6) is 0 Å². The van der Waals surface area contributed by atoms with E-state index in [0.717, 1.165) is 32.6 Å². The second-order valence-corrected chi connectivity index (χ2v) is 6.24. The summed E-state index contributed by atoms with van der Waals surface area (Å²) in [6.45, 7) is 1.78. The van der Waals surface area contributed by atoms with Gasteiger partial charge < -0.3 is 5.11 Å². The van der Waals surface area contributed by atoms with Crippen molar-refractivity contribution < 1.29 is 18.7 Å². The number of hydrogen-bond donors (Lipinski definition) is 1. The van der Waals surface area contributed by atoms with E-state index in [9.17, 15) is 18.7 Å². The molecule has 1 aromatic rings. The number of rotatable bonds is 4. The molecule has 116 valence electrons. The van der Waals surface area contributed by atoms with Crippen molar-refractivity contribution in [3.8, 4) is 0 Å². The van der Waals surface area contributed by atoms with Crippen LogP contribution in [0.4, 0.5) is 8.78 Å². The Kier molecular flexibility index (Phi) is 4.47. The Morgan fingerprint density at radius 3 is 2.10 bits per heavy atom. The fourth-order valence-electron chi connectivity index (χ4n) is 2.81. The normalized spacial score (nSPS) is 20.0. The van der Waals surface area contributed by atoms with Gasteiger partial charge in [0.1, 0.15) is 5.60 Å². The van der Waals surface area contributed by atoms with E-state index in [-0.39, 0.29) is 17.3 Å². The molecule has 0 radical (unpaired) electrons. The van der Waals surface area contributed by atoms with Gasteiger partial charge in [-0.3, -0.25) is 4.79 Å². The van der Waals surface area contributed by atoms with Gasteiger partial charge >= 0.3 is 0 Å². The van der Waals surface area contributed by atoms with Crippen LogP contribution in [0, 0.1) is 5.92 Å². The van der Waals surface area contributed by atoms with Crippen LogP contribution in [0.3, 0.4) is 0 Å². The lowest BCUT2D eigenvalue weighted by Gasteiger charge is -2.30. The Morgan fingerprint density at radius 2 is 1.62 bits per heavy atom. The molecule has 2 nitrogen and oxygen atoms in total. The molecular weight excluding hydrogens is 274 g/mol. The molecule has 0 amide bonds. The third-order valence-electron chi connectivity index (χ3n) is 4.56. The van der Waals surface area contributed by atoms with Gasteiger partial charge in [-0.05, 0) is 25.3 Å². The van der Waals surface area contributed by atoms with Crippen LogP contribution >= 0.6 is 0 Å². The fraction of sp³-hybridized carbons (Fsp3) is 0.588. The second-order valence-electron chi connectivity index (χ2n) is 6.24. The second kappa shape index (κ2) is 5.84. The van der Waals surface area contributed by atoms with E-state index >= 15 is 0 Å². The van der Waals surface area contributed by atoms with Gasteiger partial charge in [-0.2, -0.15) is 0 Å². The molecule has 1 aliphatic carbocycles. The fourth-order valence-corrected chi connectivity index (χ4v) is 2.81. The standard InChI is InChI=1S/C17H22F2O2/c1-16(21,17(2,18)19)14-10-8-13(9-11-14)15(20)12-6-4-3-5-7-12/h8-12,21H,3-7H2,1-2H3. The SMILES string of the molecule is CC(F)(F)C(C)(O)c1ccc(C(=O)C2CCCCC2)cc1. The molecule has 1 atom stereocenters. The number of hydrogen-bond acceptors (Lipinski definition) is 2. The first kappa shape index (κ1) is 16.1. The highest BCUT2D eigenvalue weighted by molar-refractivity contribution is 5.97. The summed E-state index contributed by atoms with van der Waals surface area (Å²) in [5.41, 5.74) is -1.57. The van der Waals surface area contributed by atoms with Crippen molar-refractivity contribution in [1.29, 1.82) is 0 Å². The molecule has 0 aromatic heterocycles. The number of carbonyl (C=O) groups is 1. The predicted octanol–water partition coefficient (Wildman–Crippen LogP) is 4.31. The highest BCUT2D eigenvalue weighted by atomic mass is 19.3. The summed E-state index contributed by atoms with van der Waals surface area (Å²) in [6.07, 6.45) is 5.14. The lowest BCUT2D eigenvalue weighted by molar-refractivity contribution is -0.165. The molecule has 21 heavy (non-hydrogen) atoms. The third-order valence-corrected chi connectivity index (χ3v) is 4.56. The van der Waals surface area contributed by atoms with Crippen LogP contribution < -0.4 is 0 Å². The summed E-state index contributed by atoms with van der Waals surface area (Å²) in [5, 5.41) is 9.97. The number of Topliss-reactive ketones (excluding diaryl/α,β-unsaturated/α-hetero) is 1. The van der Waals surface area contributed by atoms with Gasteiger partial charge in [0.05, 0.1) is 0 Å². The summed E-state index contributed by atoms with van der Waals surface area (Å²) in [5.74, 6) is -3.11. The molecule has 0 spiro atoms. The van der Waals surface area contributed by atoms with Gasteiger partial charge in [0.25, 0.3) is 5.92 Å². The van der Waals surface area contributed by atoms with Gasteiger partial charge in [0.2, 0.25) is 0 Å². The lowest BCUT2D eigenvalue weighted by Crippen LogP contribution is -2.40. The molecule has 4 heteroatoms. The maximum atomic E-state index is 13.4. The van der Waals surface area contributed by atoms with E-state index in [1.807, 2.05) is 0 Å². The molecule has 2 rings (SSSR count). The first-order valence-corrected chi connectivity index (χ1v) is 7.48. The minimum atomic E-state index is -3.25. The summed E-state index contributed by atoms with van der Waals surface area (Å²) in [6, 6.07) is 5.94. The van der Waals surface area contributed by atoms with E-state index in [1.54, 1.807) is 12.1 Å². The zero-order valence-corrected chi connectivity index (χ0v) is 12.5. The molecule has 1 saturated carbocycles. The smallest absolute Gasteiger partial charge is 0.277 e. The van der Waals surface area contributed by atoms with E-state index in [2.05, 4.69) is 0 Å². The van der Waals surface area contributed by atoms with Gasteiger partial charge in [-0.25, -0.2) is 8.78 Å². The molecule has 0 bridgehead atoms. The molecule has 0 heterocycles. The number of carbonyl (C=O) groups excluding carboxylic acids is 1. The van der Waals surface area contributed by atoms with Gasteiger partial charge in [-0.1, -0.05) is 43.5 Å². The highest BCUT2D eigenvalue weighted by Gasteiger charge is 2.45. The molecule has 0 aliphatic heterocycles. The van der Waals surface area contributed by atoms with Crippen molar-refractivity contribution in [2.45, 2.75) is 57.5 Å². The number of halogens is 2. The molecule has 1 N–H and O–H groups in total. The zero-order valence-electron chi connectivity index (χ0n) is 12.5. The molecule has 1 aromatic carbocycles. The van der Waals surface area contributed by atoms with Crippen LogP contribution in [-0.2, 0) is 5.60 Å². The van der Waals surface area contributed by atoms with Crippen LogP contribution in [0.1, 0.15) is 61.9 Å². The molecule has 1 unspecified atom stereocenters. The number of aliphatic hydroxyl groups is 1. The molecule has 1 aliphatic rings. The van der Waals surface area contributed by atoms with Crippen molar-refractivity contribution >= 4 is 5.78 Å². The number of alkyl halides is 2. The van der Waals surface area contributed by atoms with Gasteiger partial charge in [0, 0.05) is 18.4 Å². The quantitative estimate of drug-likeness (QED) is 0.841. The maximum Gasteiger partial charge on any atom is 0.277 e. The molecule has 0 saturated heterocycles. The molecular formula is C17H22F2O2. The van der Waals surface area contributed by atoms with Crippen LogP contribution in [0.25, 0.3) is 0 Å². The van der Waals surface area contributed by atoms with Gasteiger partial charge in [0.15, 0.2) is 5.78 Å². The Labute approximate surface area is 124 Å². The lowest BCUT2D eigenvalue weighted by atomic mass is 9.83. The average Bonchev–Trinajstić information content (AvgIpc) is 2.46. The Morgan fingerprint density at radius 1 is 1.10 bits per heavy atom. The Hall–Kier alpha value is -1.29. The topological polar surface area (TPSA) is 37.3 Å². The monoisotopic (exact) mass is 296 g/mol. The summed E-state index contributed by atoms with van der Waals surface area (Å²) < 4.78 is 26.8. The van der Waals surface area contributed by atoms with Crippen LogP contribution in [-0.4, -0.2) is 16.8 Å². The largest absolute Gasteiger partial charge is 0.379 e. The van der Waals surface area contributed by atoms with Crippen molar-refractivity contribution in [1.82, 2.24) is 0 Å². The summed E-state index contributed by atoms with van der Waals surface area (Å²) in [4.78, 5) is 12.3. The van der Waals surface area contributed by atoms with Crippen molar-refractivity contribution in [3.05, 3.63) is 35.4 Å². The minimum absolute atomic E-state index is 0.0535. The Balaban J connectivity index is 2.17. The zero-order chi connectivity index (χ0) is 15.7. The first-order valence-electron chi connectivity index (χ1n) is 7.48. The summed E-state index contributed by atoms with van der Waals surface area (Å²) >= 11 is 0. The van der Waals surface area contributed by atoms with Crippen molar-refractivity contribution in [2.75, 3.05) is 0 Å². The minimum Gasteiger partial charge on any atom is -0.379 e. The Bertz CT molecular complexity index is 495. The van der Waals surface area contributed by atoms with Crippen molar-refractivity contribution in [2.24, 2.45) is 5.92 Å². The van der Waals surface area contributed by atoms with Crippen LogP contribution in [0.2, 0.25) is 0 Å². The van der Waals surface area contributed by atoms with Crippen LogP contribution in [0.15, 0.2) is 24.3 Å². The summed E-state index contributed by atoms with van der Waals surface area (Å²) in [7, 11) is 0. The van der Waals surface area contributed by atoms with Gasteiger partial charge in [-0.15, -0.1) is 0 Å². The first-order chi connectivity index (χ1) is 9.73. The number of ketones is 1. The predicted molar refractivity (Wildman–Crippen MR) is 77.5 cm³/mol. The number of benzene rings is 1. The average molecular weight is 296 g/mol. The van der Waals surface area contributed by atoms with E-state index < -0.39 is 11.5 Å². The van der Waals surface area contributed by atoms with E-state index in [0.29, 0.717) is 12.5 Å². The van der Waals surface area contributed by atoms with E-state index in [1.165, 1.54) is 18.6 Å². The third kappa shape index (κ3) is 3.31. The molecule has 1 fully saturated rings.